The van der Waals surface area contributed by atoms with E-state index < -0.39 is 0 Å². The summed E-state index contributed by atoms with van der Waals surface area (Å²) >= 11 is 12.2. The van der Waals surface area contributed by atoms with E-state index in [-0.39, 0.29) is 22.1 Å². The lowest BCUT2D eigenvalue weighted by atomic mass is 10.2. The average molecular weight is 319 g/mol. The molecule has 0 atom stereocenters. The van der Waals surface area contributed by atoms with Crippen molar-refractivity contribution in [2.75, 3.05) is 38.8 Å². The zero-order valence-electron chi connectivity index (χ0n) is 11.6. The number of hydrogen-bond donors (Lipinski definition) is 2. The van der Waals surface area contributed by atoms with Crippen molar-refractivity contribution in [3.63, 3.8) is 0 Å². The standard InChI is InChI=1S/C12H16Cl2N4O2/c1-17(2)11(19)15-7-5-6-8(10(14)9(7)13)16-12(20)18(3)4/h5-6H,1-4H3,(H,15,19)(H,16,20). The normalized spacial score (nSPS) is 9.90. The number of hydrogen-bond acceptors (Lipinski definition) is 2. The molecule has 1 aromatic rings. The van der Waals surface area contributed by atoms with Crippen molar-refractivity contribution < 1.29 is 9.59 Å². The molecule has 0 aliphatic rings. The van der Waals surface area contributed by atoms with Crippen LogP contribution in [-0.2, 0) is 0 Å². The quantitative estimate of drug-likeness (QED) is 0.879. The number of anilines is 2. The second-order valence-electron chi connectivity index (χ2n) is 4.44. The van der Waals surface area contributed by atoms with Gasteiger partial charge in [-0.15, -0.1) is 0 Å². The van der Waals surface area contributed by atoms with Crippen molar-refractivity contribution in [3.8, 4) is 0 Å². The Morgan fingerprint density at radius 3 is 1.40 bits per heavy atom. The summed E-state index contributed by atoms with van der Waals surface area (Å²) in [5, 5.41) is 5.53. The first-order valence-electron chi connectivity index (χ1n) is 5.68. The fourth-order valence-electron chi connectivity index (χ4n) is 1.20. The van der Waals surface area contributed by atoms with Crippen LogP contribution in [0.2, 0.25) is 10.0 Å². The second kappa shape index (κ2) is 6.67. The van der Waals surface area contributed by atoms with Gasteiger partial charge in [-0.3, -0.25) is 0 Å². The maximum absolute atomic E-state index is 11.6. The van der Waals surface area contributed by atoms with Gasteiger partial charge in [-0.05, 0) is 12.1 Å². The molecule has 0 heterocycles. The molecule has 20 heavy (non-hydrogen) atoms. The molecular weight excluding hydrogens is 303 g/mol. The minimum Gasteiger partial charge on any atom is -0.331 e. The molecule has 0 unspecified atom stereocenters. The smallest absolute Gasteiger partial charge is 0.321 e. The third-order valence-corrected chi connectivity index (χ3v) is 3.26. The molecule has 0 aliphatic carbocycles. The van der Waals surface area contributed by atoms with Gasteiger partial charge in [0.05, 0.1) is 21.4 Å². The first-order chi connectivity index (χ1) is 9.23. The van der Waals surface area contributed by atoms with Gasteiger partial charge in [0.15, 0.2) is 0 Å². The van der Waals surface area contributed by atoms with Crippen molar-refractivity contribution in [2.24, 2.45) is 0 Å². The van der Waals surface area contributed by atoms with Crippen molar-refractivity contribution in [2.45, 2.75) is 0 Å². The van der Waals surface area contributed by atoms with Crippen LogP contribution in [-0.4, -0.2) is 50.1 Å². The molecule has 1 aromatic carbocycles. The van der Waals surface area contributed by atoms with Gasteiger partial charge >= 0.3 is 12.1 Å². The van der Waals surface area contributed by atoms with Crippen LogP contribution < -0.4 is 10.6 Å². The topological polar surface area (TPSA) is 64.7 Å². The summed E-state index contributed by atoms with van der Waals surface area (Å²) in [5.74, 6) is 0. The van der Waals surface area contributed by atoms with E-state index in [1.54, 1.807) is 40.3 Å². The van der Waals surface area contributed by atoms with Gasteiger partial charge in [-0.1, -0.05) is 23.2 Å². The van der Waals surface area contributed by atoms with Gasteiger partial charge in [-0.25, -0.2) is 9.59 Å². The van der Waals surface area contributed by atoms with Gasteiger partial charge in [0.2, 0.25) is 0 Å². The first kappa shape index (κ1) is 16.4. The molecule has 0 aliphatic heterocycles. The van der Waals surface area contributed by atoms with Crippen molar-refractivity contribution in [3.05, 3.63) is 22.2 Å². The van der Waals surface area contributed by atoms with Crippen LogP contribution >= 0.6 is 23.2 Å². The number of nitrogens with one attached hydrogen (secondary N) is 2. The molecule has 6 nitrogen and oxygen atoms in total. The Morgan fingerprint density at radius 1 is 0.850 bits per heavy atom. The monoisotopic (exact) mass is 318 g/mol. The summed E-state index contributed by atoms with van der Waals surface area (Å²) in [6, 6.07) is 2.49. The van der Waals surface area contributed by atoms with Crippen LogP contribution in [0, 0.1) is 0 Å². The van der Waals surface area contributed by atoms with E-state index in [2.05, 4.69) is 10.6 Å². The summed E-state index contributed by atoms with van der Waals surface area (Å²) < 4.78 is 0. The highest BCUT2D eigenvalue weighted by Crippen LogP contribution is 2.36. The Kier molecular flexibility index (Phi) is 5.47. The van der Waals surface area contributed by atoms with Crippen molar-refractivity contribution in [1.82, 2.24) is 9.80 Å². The van der Waals surface area contributed by atoms with Gasteiger partial charge < -0.3 is 20.4 Å². The first-order valence-corrected chi connectivity index (χ1v) is 6.44. The summed E-state index contributed by atoms with van der Waals surface area (Å²) in [4.78, 5) is 25.9. The van der Waals surface area contributed by atoms with E-state index in [9.17, 15) is 9.59 Å². The largest absolute Gasteiger partial charge is 0.331 e. The lowest BCUT2D eigenvalue weighted by Crippen LogP contribution is -2.28. The Bertz CT molecular complexity index is 485. The maximum atomic E-state index is 11.6. The summed E-state index contributed by atoms with van der Waals surface area (Å²) in [6.45, 7) is 0. The number of rotatable bonds is 2. The van der Waals surface area contributed by atoms with Crippen LogP contribution in [0.4, 0.5) is 21.0 Å². The molecule has 0 fully saturated rings. The highest BCUT2D eigenvalue weighted by Gasteiger charge is 2.15. The molecule has 0 aromatic heterocycles. The molecule has 1 rings (SSSR count). The molecule has 0 radical (unpaired) electrons. The van der Waals surface area contributed by atoms with Crippen LogP contribution in [0.5, 0.6) is 0 Å². The fraction of sp³-hybridized carbons (Fsp3) is 0.333. The summed E-state index contributed by atoms with van der Waals surface area (Å²) in [6.07, 6.45) is 0. The van der Waals surface area contributed by atoms with Crippen molar-refractivity contribution in [1.29, 1.82) is 0 Å². The SMILES string of the molecule is CN(C)C(=O)Nc1ccc(NC(=O)N(C)C)c(Cl)c1Cl. The lowest BCUT2D eigenvalue weighted by Gasteiger charge is -2.16. The number of nitrogens with zero attached hydrogens (tertiary/aromatic N) is 2. The molecular formula is C12H16Cl2N4O2. The average Bonchev–Trinajstić information content (AvgIpc) is 2.37. The minimum atomic E-state index is -0.326. The summed E-state index contributed by atoms with van der Waals surface area (Å²) in [5.41, 5.74) is 0.747. The van der Waals surface area contributed by atoms with Crippen molar-refractivity contribution >= 4 is 46.6 Å². The van der Waals surface area contributed by atoms with E-state index >= 15 is 0 Å². The number of carbonyl (C=O) groups is 2. The third-order valence-electron chi connectivity index (χ3n) is 2.38. The van der Waals surface area contributed by atoms with E-state index in [1.807, 2.05) is 0 Å². The molecule has 4 amide bonds. The number of amides is 4. The second-order valence-corrected chi connectivity index (χ2v) is 5.19. The van der Waals surface area contributed by atoms with Gasteiger partial charge in [-0.2, -0.15) is 0 Å². The molecule has 0 spiro atoms. The predicted octanol–water partition coefficient (Wildman–Crippen LogP) is 3.18. The molecule has 2 N–H and O–H groups in total. The van der Waals surface area contributed by atoms with E-state index in [0.29, 0.717) is 11.4 Å². The zero-order valence-corrected chi connectivity index (χ0v) is 13.1. The number of urea groups is 2. The fourth-order valence-corrected chi connectivity index (χ4v) is 1.62. The predicted molar refractivity (Wildman–Crippen MR) is 81.9 cm³/mol. The van der Waals surface area contributed by atoms with E-state index in [0.717, 1.165) is 0 Å². The molecule has 0 bridgehead atoms. The highest BCUT2D eigenvalue weighted by molar-refractivity contribution is 6.45. The van der Waals surface area contributed by atoms with E-state index in [4.69, 9.17) is 23.2 Å². The minimum absolute atomic E-state index is 0.165. The Morgan fingerprint density at radius 2 is 1.15 bits per heavy atom. The lowest BCUT2D eigenvalue weighted by molar-refractivity contribution is 0.230. The highest BCUT2D eigenvalue weighted by atomic mass is 35.5. The number of halogens is 2. The molecule has 8 heteroatoms. The number of benzene rings is 1. The van der Waals surface area contributed by atoms with Gasteiger partial charge in [0, 0.05) is 28.2 Å². The molecule has 110 valence electrons. The Labute approximate surface area is 127 Å². The molecule has 0 saturated carbocycles. The maximum Gasteiger partial charge on any atom is 0.321 e. The Hall–Kier alpha value is -1.66. The van der Waals surface area contributed by atoms with Gasteiger partial charge in [0.1, 0.15) is 0 Å². The van der Waals surface area contributed by atoms with Gasteiger partial charge in [0.25, 0.3) is 0 Å². The summed E-state index contributed by atoms with van der Waals surface area (Å²) in [7, 11) is 6.43. The van der Waals surface area contributed by atoms with Crippen LogP contribution in [0.25, 0.3) is 0 Å². The molecule has 0 saturated heterocycles. The zero-order chi connectivity index (χ0) is 15.4. The van der Waals surface area contributed by atoms with E-state index in [1.165, 1.54) is 9.80 Å². The third kappa shape index (κ3) is 3.91. The van der Waals surface area contributed by atoms with Crippen LogP contribution in [0.3, 0.4) is 0 Å². The van der Waals surface area contributed by atoms with Crippen LogP contribution in [0.1, 0.15) is 0 Å². The number of carbonyl (C=O) groups excluding carboxylic acids is 2. The van der Waals surface area contributed by atoms with Crippen LogP contribution in [0.15, 0.2) is 12.1 Å². The Balaban J connectivity index is 2.98.